The van der Waals surface area contributed by atoms with Crippen molar-refractivity contribution in [3.8, 4) is 11.1 Å². The number of hydrogen-bond acceptors (Lipinski definition) is 3. The fraction of sp³-hybridized carbons (Fsp3) is 0.333. The van der Waals surface area contributed by atoms with Crippen LogP contribution < -0.4 is 5.32 Å². The van der Waals surface area contributed by atoms with Gasteiger partial charge in [-0.15, -0.1) is 0 Å². The van der Waals surface area contributed by atoms with E-state index < -0.39 is 0 Å². The van der Waals surface area contributed by atoms with Gasteiger partial charge >= 0.3 is 0 Å². The molecule has 0 unspecified atom stereocenters. The summed E-state index contributed by atoms with van der Waals surface area (Å²) in [6.45, 7) is 0. The Kier molecular flexibility index (Phi) is 3.51. The zero-order chi connectivity index (χ0) is 14.8. The molecule has 1 aliphatic rings. The van der Waals surface area contributed by atoms with Crippen LogP contribution in [0.3, 0.4) is 0 Å². The summed E-state index contributed by atoms with van der Waals surface area (Å²) in [7, 11) is 0. The highest BCUT2D eigenvalue weighted by Crippen LogP contribution is 2.35. The van der Waals surface area contributed by atoms with Crippen LogP contribution in [0.25, 0.3) is 22.2 Å². The van der Waals surface area contributed by atoms with Gasteiger partial charge in [0, 0.05) is 47.3 Å². The van der Waals surface area contributed by atoms with Crippen molar-refractivity contribution in [1.82, 2.24) is 15.0 Å². The molecule has 0 spiro atoms. The molecular formula is C18H20N4. The third-order valence-electron chi connectivity index (χ3n) is 4.51. The molecule has 1 aliphatic carbocycles. The van der Waals surface area contributed by atoms with Crippen LogP contribution in [0.4, 0.5) is 5.69 Å². The maximum atomic E-state index is 4.55. The summed E-state index contributed by atoms with van der Waals surface area (Å²) in [4.78, 5) is 12.0. The standard InChI is InChI=1S/C18H20N4/c1-2-6-14(7-3-1)22-17-15-8-10-20-18(15)21-12-16(17)13-5-4-9-19-11-13/h4-5,8-12,14H,1-3,6-7H2,(H2,20,21,22). The van der Waals surface area contributed by atoms with Gasteiger partial charge in [-0.25, -0.2) is 4.98 Å². The highest BCUT2D eigenvalue weighted by Gasteiger charge is 2.18. The summed E-state index contributed by atoms with van der Waals surface area (Å²) in [5, 5.41) is 4.95. The lowest BCUT2D eigenvalue weighted by Crippen LogP contribution is -2.22. The average Bonchev–Trinajstić information content (AvgIpc) is 3.06. The third kappa shape index (κ3) is 2.45. The molecule has 0 aliphatic heterocycles. The molecule has 22 heavy (non-hydrogen) atoms. The van der Waals surface area contributed by atoms with E-state index in [9.17, 15) is 0 Å². The topological polar surface area (TPSA) is 53.6 Å². The summed E-state index contributed by atoms with van der Waals surface area (Å²) in [6.07, 6.45) is 14.1. The maximum absolute atomic E-state index is 4.55. The first kappa shape index (κ1) is 13.3. The van der Waals surface area contributed by atoms with Crippen molar-refractivity contribution in [2.75, 3.05) is 5.32 Å². The number of anilines is 1. The van der Waals surface area contributed by atoms with E-state index in [4.69, 9.17) is 0 Å². The number of rotatable bonds is 3. The van der Waals surface area contributed by atoms with Crippen molar-refractivity contribution in [2.24, 2.45) is 0 Å². The van der Waals surface area contributed by atoms with Crippen LogP contribution in [-0.4, -0.2) is 21.0 Å². The number of nitrogens with zero attached hydrogens (tertiary/aromatic N) is 2. The van der Waals surface area contributed by atoms with Gasteiger partial charge in [-0.2, -0.15) is 0 Å². The van der Waals surface area contributed by atoms with Gasteiger partial charge in [0.2, 0.25) is 0 Å². The van der Waals surface area contributed by atoms with Crippen LogP contribution in [0.1, 0.15) is 32.1 Å². The molecule has 0 radical (unpaired) electrons. The van der Waals surface area contributed by atoms with Crippen molar-refractivity contribution < 1.29 is 0 Å². The lowest BCUT2D eigenvalue weighted by atomic mass is 9.94. The molecule has 3 heterocycles. The molecule has 1 saturated carbocycles. The predicted molar refractivity (Wildman–Crippen MR) is 89.8 cm³/mol. The number of hydrogen-bond donors (Lipinski definition) is 2. The normalized spacial score (nSPS) is 16.0. The fourth-order valence-electron chi connectivity index (χ4n) is 3.36. The largest absolute Gasteiger partial charge is 0.381 e. The average molecular weight is 292 g/mol. The predicted octanol–water partition coefficient (Wildman–Crippen LogP) is 4.37. The van der Waals surface area contributed by atoms with Crippen LogP contribution >= 0.6 is 0 Å². The Labute approximate surface area is 130 Å². The number of fused-ring (bicyclic) bond motifs is 1. The van der Waals surface area contributed by atoms with Crippen molar-refractivity contribution in [2.45, 2.75) is 38.1 Å². The second kappa shape index (κ2) is 5.79. The second-order valence-electron chi connectivity index (χ2n) is 6.01. The second-order valence-corrected chi connectivity index (χ2v) is 6.01. The molecule has 0 amide bonds. The van der Waals surface area contributed by atoms with Gasteiger partial charge < -0.3 is 10.3 Å². The zero-order valence-corrected chi connectivity index (χ0v) is 12.5. The summed E-state index contributed by atoms with van der Waals surface area (Å²) in [6, 6.07) is 6.73. The number of aromatic nitrogens is 3. The third-order valence-corrected chi connectivity index (χ3v) is 4.51. The monoisotopic (exact) mass is 292 g/mol. The summed E-state index contributed by atoms with van der Waals surface area (Å²) < 4.78 is 0. The molecule has 0 bridgehead atoms. The van der Waals surface area contributed by atoms with E-state index in [1.807, 2.05) is 24.7 Å². The van der Waals surface area contributed by atoms with Gasteiger partial charge in [-0.3, -0.25) is 4.98 Å². The summed E-state index contributed by atoms with van der Waals surface area (Å²) in [5.74, 6) is 0. The van der Waals surface area contributed by atoms with E-state index in [0.29, 0.717) is 6.04 Å². The van der Waals surface area contributed by atoms with Crippen molar-refractivity contribution in [3.63, 3.8) is 0 Å². The van der Waals surface area contributed by atoms with Crippen LogP contribution in [-0.2, 0) is 0 Å². The lowest BCUT2D eigenvalue weighted by molar-refractivity contribution is 0.463. The van der Waals surface area contributed by atoms with Crippen LogP contribution in [0.5, 0.6) is 0 Å². The Balaban J connectivity index is 1.80. The van der Waals surface area contributed by atoms with E-state index in [-0.39, 0.29) is 0 Å². The van der Waals surface area contributed by atoms with Crippen molar-refractivity contribution in [1.29, 1.82) is 0 Å². The molecular weight excluding hydrogens is 272 g/mol. The molecule has 4 rings (SSSR count). The first-order chi connectivity index (χ1) is 10.9. The number of pyridine rings is 2. The van der Waals surface area contributed by atoms with E-state index in [1.54, 1.807) is 6.20 Å². The highest BCUT2D eigenvalue weighted by atomic mass is 14.9. The van der Waals surface area contributed by atoms with Gasteiger partial charge in [0.05, 0.1) is 5.69 Å². The van der Waals surface area contributed by atoms with Gasteiger partial charge in [0.15, 0.2) is 0 Å². The summed E-state index contributed by atoms with van der Waals surface area (Å²) >= 11 is 0. The fourth-order valence-corrected chi connectivity index (χ4v) is 3.36. The van der Waals surface area contributed by atoms with Gasteiger partial charge in [0.1, 0.15) is 5.65 Å². The van der Waals surface area contributed by atoms with Crippen molar-refractivity contribution in [3.05, 3.63) is 43.0 Å². The minimum atomic E-state index is 0.560. The maximum Gasteiger partial charge on any atom is 0.139 e. The molecule has 0 aromatic carbocycles. The first-order valence-corrected chi connectivity index (χ1v) is 8.05. The Morgan fingerprint density at radius 1 is 1.09 bits per heavy atom. The Morgan fingerprint density at radius 2 is 2.00 bits per heavy atom. The van der Waals surface area contributed by atoms with E-state index in [2.05, 4.69) is 32.4 Å². The minimum Gasteiger partial charge on any atom is -0.381 e. The molecule has 3 aromatic rings. The Morgan fingerprint density at radius 3 is 2.82 bits per heavy atom. The quantitative estimate of drug-likeness (QED) is 0.753. The number of nitrogens with one attached hydrogen (secondary N) is 2. The van der Waals surface area contributed by atoms with Crippen LogP contribution in [0.2, 0.25) is 0 Å². The van der Waals surface area contributed by atoms with Gasteiger partial charge in [-0.1, -0.05) is 25.3 Å². The molecule has 0 atom stereocenters. The molecule has 112 valence electrons. The lowest BCUT2D eigenvalue weighted by Gasteiger charge is -2.25. The van der Waals surface area contributed by atoms with Crippen LogP contribution in [0.15, 0.2) is 43.0 Å². The van der Waals surface area contributed by atoms with Crippen LogP contribution in [0, 0.1) is 0 Å². The van der Waals surface area contributed by atoms with Gasteiger partial charge in [-0.05, 0) is 25.0 Å². The smallest absolute Gasteiger partial charge is 0.139 e. The first-order valence-electron chi connectivity index (χ1n) is 8.05. The summed E-state index contributed by atoms with van der Waals surface area (Å²) in [5.41, 5.74) is 4.36. The molecule has 4 nitrogen and oxygen atoms in total. The number of H-pyrrole nitrogens is 1. The molecule has 4 heteroatoms. The van der Waals surface area contributed by atoms with E-state index >= 15 is 0 Å². The SMILES string of the molecule is c1cncc(-c2cnc3[nH]ccc3c2NC2CCCCC2)c1. The van der Waals surface area contributed by atoms with Gasteiger partial charge in [0.25, 0.3) is 0 Å². The molecule has 2 N–H and O–H groups in total. The van der Waals surface area contributed by atoms with Crippen molar-refractivity contribution >= 4 is 16.7 Å². The molecule has 0 saturated heterocycles. The molecule has 3 aromatic heterocycles. The Hall–Kier alpha value is -2.36. The molecule has 1 fully saturated rings. The Bertz CT molecular complexity index is 757. The van der Waals surface area contributed by atoms with E-state index in [0.717, 1.165) is 22.2 Å². The van der Waals surface area contributed by atoms with E-state index in [1.165, 1.54) is 37.8 Å². The highest BCUT2D eigenvalue weighted by molar-refractivity contribution is 5.98. The number of aromatic amines is 1. The minimum absolute atomic E-state index is 0.560. The zero-order valence-electron chi connectivity index (χ0n) is 12.5.